The number of rotatable bonds is 3. The fourth-order valence-electron chi connectivity index (χ4n) is 1.06. The number of halogens is 2. The second kappa shape index (κ2) is 5.51. The number of hydrogen-bond donors (Lipinski definition) is 1. The Morgan fingerprint density at radius 1 is 1.38 bits per heavy atom. The van der Waals surface area contributed by atoms with E-state index in [1.807, 2.05) is 24.3 Å². The summed E-state index contributed by atoms with van der Waals surface area (Å²) >= 11 is 12.2. The lowest BCUT2D eigenvalue weighted by Gasteiger charge is -1.96. The van der Waals surface area contributed by atoms with Crippen LogP contribution in [0.3, 0.4) is 0 Å². The minimum Gasteiger partial charge on any atom is -0.391 e. The van der Waals surface area contributed by atoms with Crippen molar-refractivity contribution in [1.29, 1.82) is 0 Å². The monoisotopic (exact) mass is 335 g/mol. The topological polar surface area (TPSA) is 33.1 Å². The number of hydrogen-bond acceptors (Lipinski definition) is 4. The molecule has 0 saturated heterocycles. The lowest BCUT2D eigenvalue weighted by atomic mass is 10.4. The van der Waals surface area contributed by atoms with E-state index in [0.717, 1.165) is 13.7 Å². The van der Waals surface area contributed by atoms with Gasteiger partial charge in [0.2, 0.25) is 0 Å². The molecule has 2 nitrogen and oxygen atoms in total. The average Bonchev–Trinajstić information content (AvgIpc) is 2.62. The van der Waals surface area contributed by atoms with Crippen molar-refractivity contribution >= 4 is 50.6 Å². The van der Waals surface area contributed by atoms with Gasteiger partial charge in [-0.25, -0.2) is 4.98 Å². The summed E-state index contributed by atoms with van der Waals surface area (Å²) in [6.45, 7) is -0.0581. The highest BCUT2D eigenvalue weighted by molar-refractivity contribution is 9.10. The van der Waals surface area contributed by atoms with Crippen LogP contribution in [0.5, 0.6) is 0 Å². The van der Waals surface area contributed by atoms with E-state index in [1.165, 1.54) is 23.1 Å². The molecular weight excluding hydrogens is 330 g/mol. The highest BCUT2D eigenvalue weighted by Crippen LogP contribution is 2.35. The van der Waals surface area contributed by atoms with Gasteiger partial charge in [0.1, 0.15) is 5.15 Å². The summed E-state index contributed by atoms with van der Waals surface area (Å²) in [6, 6.07) is 7.96. The van der Waals surface area contributed by atoms with E-state index in [-0.39, 0.29) is 6.61 Å². The minimum absolute atomic E-state index is 0.0581. The SMILES string of the molecule is OCc1sc(Sc2ccc(Br)cc2)nc1Cl. The predicted molar refractivity (Wildman–Crippen MR) is 71.3 cm³/mol. The van der Waals surface area contributed by atoms with E-state index < -0.39 is 0 Å². The third-order valence-corrected chi connectivity index (χ3v) is 4.85. The number of thiazole rings is 1. The van der Waals surface area contributed by atoms with Crippen molar-refractivity contribution in [3.8, 4) is 0 Å². The van der Waals surface area contributed by atoms with Crippen molar-refractivity contribution in [2.75, 3.05) is 0 Å². The molecule has 0 fully saturated rings. The van der Waals surface area contributed by atoms with Gasteiger partial charge < -0.3 is 5.11 Å². The van der Waals surface area contributed by atoms with Crippen molar-refractivity contribution in [3.05, 3.63) is 38.8 Å². The molecule has 1 heterocycles. The normalized spacial score (nSPS) is 10.7. The molecule has 0 atom stereocenters. The predicted octanol–water partition coefficient (Wildman–Crippen LogP) is 4.20. The summed E-state index contributed by atoms with van der Waals surface area (Å²) in [5.41, 5.74) is 0. The van der Waals surface area contributed by atoms with Crippen LogP contribution in [-0.4, -0.2) is 10.1 Å². The second-order valence-corrected chi connectivity index (χ2v) is 6.59. The summed E-state index contributed by atoms with van der Waals surface area (Å²) in [5.74, 6) is 0. The number of aromatic nitrogens is 1. The lowest BCUT2D eigenvalue weighted by Crippen LogP contribution is -1.75. The average molecular weight is 337 g/mol. The van der Waals surface area contributed by atoms with Crippen LogP contribution in [0.25, 0.3) is 0 Å². The van der Waals surface area contributed by atoms with Crippen LogP contribution in [0.2, 0.25) is 5.15 Å². The Labute approximate surface area is 115 Å². The van der Waals surface area contributed by atoms with Crippen LogP contribution in [-0.2, 0) is 6.61 Å². The summed E-state index contributed by atoms with van der Waals surface area (Å²) < 4.78 is 1.89. The van der Waals surface area contributed by atoms with Crippen LogP contribution in [0.15, 0.2) is 38.0 Å². The maximum atomic E-state index is 9.00. The molecule has 0 radical (unpaired) electrons. The Bertz CT molecular complexity index is 486. The Kier molecular flexibility index (Phi) is 4.27. The molecule has 16 heavy (non-hydrogen) atoms. The van der Waals surface area contributed by atoms with E-state index >= 15 is 0 Å². The van der Waals surface area contributed by atoms with Crippen molar-refractivity contribution < 1.29 is 5.11 Å². The van der Waals surface area contributed by atoms with Crippen LogP contribution < -0.4 is 0 Å². The zero-order chi connectivity index (χ0) is 11.5. The molecule has 0 amide bonds. The summed E-state index contributed by atoms with van der Waals surface area (Å²) in [7, 11) is 0. The molecule has 0 aliphatic rings. The molecule has 1 aromatic heterocycles. The molecule has 0 aliphatic heterocycles. The maximum Gasteiger partial charge on any atom is 0.156 e. The van der Waals surface area contributed by atoms with Crippen molar-refractivity contribution in [1.82, 2.24) is 4.98 Å². The first-order valence-corrected chi connectivity index (χ1v) is 7.19. The van der Waals surface area contributed by atoms with E-state index in [1.54, 1.807) is 0 Å². The van der Waals surface area contributed by atoms with Crippen LogP contribution >= 0.6 is 50.6 Å². The first-order valence-electron chi connectivity index (χ1n) is 4.38. The van der Waals surface area contributed by atoms with Gasteiger partial charge in [0.05, 0.1) is 11.5 Å². The highest BCUT2D eigenvalue weighted by atomic mass is 79.9. The molecule has 1 aromatic carbocycles. The summed E-state index contributed by atoms with van der Waals surface area (Å²) in [5, 5.41) is 9.40. The third kappa shape index (κ3) is 2.99. The molecule has 0 saturated carbocycles. The zero-order valence-electron chi connectivity index (χ0n) is 7.98. The second-order valence-electron chi connectivity index (χ2n) is 2.91. The maximum absolute atomic E-state index is 9.00. The number of nitrogens with zero attached hydrogens (tertiary/aromatic N) is 1. The number of aliphatic hydroxyl groups excluding tert-OH is 1. The first kappa shape index (κ1) is 12.4. The molecule has 2 aromatic rings. The standard InChI is InChI=1S/C10H7BrClNOS2/c11-6-1-3-7(4-2-6)15-10-13-9(12)8(5-14)16-10/h1-4,14H,5H2. The summed E-state index contributed by atoms with van der Waals surface area (Å²) in [6.07, 6.45) is 0. The molecule has 0 aliphatic carbocycles. The zero-order valence-corrected chi connectivity index (χ0v) is 12.0. The number of benzene rings is 1. The molecule has 2 rings (SSSR count). The molecule has 1 N–H and O–H groups in total. The van der Waals surface area contributed by atoms with Gasteiger partial charge in [-0.3, -0.25) is 0 Å². The van der Waals surface area contributed by atoms with Gasteiger partial charge >= 0.3 is 0 Å². The van der Waals surface area contributed by atoms with Crippen LogP contribution in [0.1, 0.15) is 4.88 Å². The molecule has 84 valence electrons. The first-order chi connectivity index (χ1) is 7.69. The van der Waals surface area contributed by atoms with Gasteiger partial charge in [-0.05, 0) is 24.3 Å². The Balaban J connectivity index is 2.17. The minimum atomic E-state index is -0.0581. The fraction of sp³-hybridized carbons (Fsp3) is 0.100. The number of aliphatic hydroxyl groups is 1. The molecule has 0 spiro atoms. The van der Waals surface area contributed by atoms with Crippen molar-refractivity contribution in [2.45, 2.75) is 15.8 Å². The van der Waals surface area contributed by atoms with Crippen molar-refractivity contribution in [3.63, 3.8) is 0 Å². The van der Waals surface area contributed by atoms with E-state index in [2.05, 4.69) is 20.9 Å². The van der Waals surface area contributed by atoms with E-state index in [0.29, 0.717) is 10.0 Å². The molecular formula is C10H7BrClNOS2. The van der Waals surface area contributed by atoms with Gasteiger partial charge in [-0.15, -0.1) is 11.3 Å². The Morgan fingerprint density at radius 3 is 2.62 bits per heavy atom. The van der Waals surface area contributed by atoms with E-state index in [9.17, 15) is 0 Å². The van der Waals surface area contributed by atoms with Crippen LogP contribution in [0, 0.1) is 0 Å². The summed E-state index contributed by atoms with van der Waals surface area (Å²) in [4.78, 5) is 5.98. The molecule has 0 bridgehead atoms. The smallest absolute Gasteiger partial charge is 0.156 e. The Hall–Kier alpha value is -0.0700. The fourth-order valence-corrected chi connectivity index (χ4v) is 3.59. The van der Waals surface area contributed by atoms with Gasteiger partial charge in [-0.1, -0.05) is 39.3 Å². The van der Waals surface area contributed by atoms with Gasteiger partial charge in [0.25, 0.3) is 0 Å². The van der Waals surface area contributed by atoms with Crippen LogP contribution in [0.4, 0.5) is 0 Å². The van der Waals surface area contributed by atoms with Gasteiger partial charge in [0.15, 0.2) is 4.34 Å². The molecule has 6 heteroatoms. The van der Waals surface area contributed by atoms with Gasteiger partial charge in [0, 0.05) is 9.37 Å². The van der Waals surface area contributed by atoms with E-state index in [4.69, 9.17) is 16.7 Å². The lowest BCUT2D eigenvalue weighted by molar-refractivity contribution is 0.285. The third-order valence-electron chi connectivity index (χ3n) is 1.79. The largest absolute Gasteiger partial charge is 0.391 e. The quantitative estimate of drug-likeness (QED) is 0.912. The Morgan fingerprint density at radius 2 is 2.06 bits per heavy atom. The van der Waals surface area contributed by atoms with Gasteiger partial charge in [-0.2, -0.15) is 0 Å². The highest BCUT2D eigenvalue weighted by Gasteiger charge is 2.09. The molecule has 0 unspecified atom stereocenters. The van der Waals surface area contributed by atoms with Crippen molar-refractivity contribution in [2.24, 2.45) is 0 Å².